The van der Waals surface area contributed by atoms with Crippen molar-refractivity contribution in [3.8, 4) is 16.9 Å². The van der Waals surface area contributed by atoms with Gasteiger partial charge in [-0.15, -0.1) is 0 Å². The molecular weight excluding hydrogens is 424 g/mol. The molecule has 3 nitrogen and oxygen atoms in total. The Balaban J connectivity index is 2.38. The number of hydrogen-bond donors (Lipinski definition) is 0. The minimum atomic E-state index is -5.86. The van der Waals surface area contributed by atoms with Gasteiger partial charge in [0.05, 0.1) is 5.02 Å². The second-order valence-corrected chi connectivity index (χ2v) is 8.11. The maximum atomic E-state index is 12.9. The highest BCUT2D eigenvalue weighted by Crippen LogP contribution is 2.44. The van der Waals surface area contributed by atoms with E-state index in [0.29, 0.717) is 21.4 Å². The van der Waals surface area contributed by atoms with Gasteiger partial charge in [0.2, 0.25) is 0 Å². The Morgan fingerprint density at radius 3 is 2.30 bits per heavy atom. The number of benzene rings is 3. The fourth-order valence-electron chi connectivity index (χ4n) is 2.69. The van der Waals surface area contributed by atoms with Crippen LogP contribution in [0.15, 0.2) is 48.5 Å². The van der Waals surface area contributed by atoms with Crippen LogP contribution in [0.25, 0.3) is 21.9 Å². The Kier molecular flexibility index (Phi) is 5.05. The molecule has 142 valence electrons. The summed E-state index contributed by atoms with van der Waals surface area (Å²) in [6.45, 7) is 1.46. The fraction of sp³-hybridized carbons (Fsp3) is 0.111. The minimum absolute atomic E-state index is 0.139. The van der Waals surface area contributed by atoms with Crippen LogP contribution in [-0.4, -0.2) is 13.9 Å². The van der Waals surface area contributed by atoms with E-state index < -0.39 is 21.4 Å². The molecule has 0 atom stereocenters. The first-order valence-corrected chi connectivity index (χ1v) is 9.66. The topological polar surface area (TPSA) is 43.4 Å². The second kappa shape index (κ2) is 6.89. The summed E-state index contributed by atoms with van der Waals surface area (Å²) >= 11 is 12.1. The third-order valence-corrected chi connectivity index (χ3v) is 5.37. The predicted octanol–water partition coefficient (Wildman–Crippen LogP) is 6.35. The largest absolute Gasteiger partial charge is 0.534 e. The average Bonchev–Trinajstić information content (AvgIpc) is 2.55. The van der Waals surface area contributed by atoms with Crippen LogP contribution in [0.4, 0.5) is 13.2 Å². The molecule has 3 aromatic carbocycles. The van der Waals surface area contributed by atoms with Gasteiger partial charge in [0.1, 0.15) is 0 Å². The molecule has 0 bridgehead atoms. The summed E-state index contributed by atoms with van der Waals surface area (Å²) in [4.78, 5) is 0. The summed E-state index contributed by atoms with van der Waals surface area (Å²) in [5.41, 5.74) is -4.91. The molecule has 0 radical (unpaired) electrons. The van der Waals surface area contributed by atoms with Gasteiger partial charge in [-0.2, -0.15) is 21.6 Å². The highest BCUT2D eigenvalue weighted by atomic mass is 35.5. The summed E-state index contributed by atoms with van der Waals surface area (Å²) in [5.74, 6) is -0.435. The van der Waals surface area contributed by atoms with Crippen LogP contribution in [0.5, 0.6) is 5.75 Å². The molecule has 0 heterocycles. The van der Waals surface area contributed by atoms with E-state index in [1.807, 2.05) is 0 Å². The SMILES string of the molecule is Cc1cc2ccccc2c(-c2ccc(Cl)cc2Cl)c1OS(=O)(=O)C(F)(F)F. The zero-order valence-corrected chi connectivity index (χ0v) is 16.0. The van der Waals surface area contributed by atoms with E-state index in [1.165, 1.54) is 25.1 Å². The molecule has 0 aliphatic rings. The van der Waals surface area contributed by atoms with Gasteiger partial charge in [-0.1, -0.05) is 53.5 Å². The van der Waals surface area contributed by atoms with Crippen LogP contribution >= 0.6 is 23.2 Å². The van der Waals surface area contributed by atoms with Gasteiger partial charge in [0.25, 0.3) is 0 Å². The molecule has 0 aromatic heterocycles. The summed E-state index contributed by atoms with van der Waals surface area (Å²) < 4.78 is 66.4. The molecule has 0 saturated carbocycles. The Labute approximate surface area is 163 Å². The molecule has 0 aliphatic heterocycles. The average molecular weight is 435 g/mol. The van der Waals surface area contributed by atoms with Gasteiger partial charge in [-0.25, -0.2) is 0 Å². The molecule has 3 aromatic rings. The molecular formula is C18H11Cl2F3O3S. The second-order valence-electron chi connectivity index (χ2n) is 5.73. The minimum Gasteiger partial charge on any atom is -0.375 e. The molecule has 0 N–H and O–H groups in total. The maximum Gasteiger partial charge on any atom is 0.534 e. The Morgan fingerprint density at radius 1 is 1.00 bits per heavy atom. The Morgan fingerprint density at radius 2 is 1.67 bits per heavy atom. The predicted molar refractivity (Wildman–Crippen MR) is 99.7 cm³/mol. The first-order valence-electron chi connectivity index (χ1n) is 7.50. The normalized spacial score (nSPS) is 12.4. The first kappa shape index (κ1) is 19.8. The van der Waals surface area contributed by atoms with Crippen molar-refractivity contribution in [2.24, 2.45) is 0 Å². The molecule has 9 heteroatoms. The third kappa shape index (κ3) is 3.72. The van der Waals surface area contributed by atoms with Gasteiger partial charge in [-0.3, -0.25) is 0 Å². The van der Waals surface area contributed by atoms with Gasteiger partial charge in [-0.05, 0) is 41.5 Å². The number of halogens is 5. The van der Waals surface area contributed by atoms with Crippen molar-refractivity contribution >= 4 is 44.1 Å². The lowest BCUT2D eigenvalue weighted by atomic mass is 9.94. The summed E-state index contributed by atoms with van der Waals surface area (Å²) in [6.07, 6.45) is 0. The Hall–Kier alpha value is -1.96. The van der Waals surface area contributed by atoms with Crippen molar-refractivity contribution in [1.82, 2.24) is 0 Å². The Bertz CT molecular complexity index is 1140. The zero-order valence-electron chi connectivity index (χ0n) is 13.6. The molecule has 0 fully saturated rings. The smallest absolute Gasteiger partial charge is 0.375 e. The van der Waals surface area contributed by atoms with Crippen LogP contribution in [0.1, 0.15) is 5.56 Å². The third-order valence-electron chi connectivity index (χ3n) is 3.86. The van der Waals surface area contributed by atoms with Crippen molar-refractivity contribution in [2.45, 2.75) is 12.4 Å². The lowest BCUT2D eigenvalue weighted by Crippen LogP contribution is -2.28. The van der Waals surface area contributed by atoms with E-state index in [4.69, 9.17) is 23.2 Å². The highest BCUT2D eigenvalue weighted by molar-refractivity contribution is 7.88. The van der Waals surface area contributed by atoms with Crippen molar-refractivity contribution < 1.29 is 25.8 Å². The van der Waals surface area contributed by atoms with Crippen molar-refractivity contribution in [3.63, 3.8) is 0 Å². The van der Waals surface area contributed by atoms with E-state index in [-0.39, 0.29) is 16.1 Å². The van der Waals surface area contributed by atoms with Crippen LogP contribution in [0.2, 0.25) is 10.0 Å². The molecule has 0 unspecified atom stereocenters. The summed E-state index contributed by atoms with van der Waals surface area (Å²) in [5, 5.41) is 1.64. The molecule has 0 saturated heterocycles. The number of rotatable bonds is 3. The lowest BCUT2D eigenvalue weighted by molar-refractivity contribution is -0.0499. The quantitative estimate of drug-likeness (QED) is 0.356. The number of aryl methyl sites for hydroxylation is 1. The van der Waals surface area contributed by atoms with Crippen molar-refractivity contribution in [1.29, 1.82) is 0 Å². The van der Waals surface area contributed by atoms with Crippen LogP contribution < -0.4 is 4.18 Å². The molecule has 27 heavy (non-hydrogen) atoms. The molecule has 0 aliphatic carbocycles. The standard InChI is InChI=1S/C18H11Cl2F3O3S/c1-10-8-11-4-2-3-5-13(11)16(14-7-6-12(19)9-15(14)20)17(10)26-27(24,25)18(21,22)23/h2-9H,1H3. The van der Waals surface area contributed by atoms with Gasteiger partial charge >= 0.3 is 15.6 Å². The van der Waals surface area contributed by atoms with Crippen molar-refractivity contribution in [3.05, 3.63) is 64.1 Å². The number of fused-ring (bicyclic) bond motifs is 1. The highest BCUT2D eigenvalue weighted by Gasteiger charge is 2.49. The fourth-order valence-corrected chi connectivity index (χ4v) is 3.72. The van der Waals surface area contributed by atoms with Gasteiger partial charge in [0.15, 0.2) is 5.75 Å². The lowest BCUT2D eigenvalue weighted by Gasteiger charge is -2.18. The van der Waals surface area contributed by atoms with E-state index >= 15 is 0 Å². The molecule has 0 amide bonds. The number of alkyl halides is 3. The van der Waals surface area contributed by atoms with Crippen LogP contribution in [-0.2, 0) is 10.1 Å². The zero-order chi connectivity index (χ0) is 20.0. The van der Waals surface area contributed by atoms with Crippen molar-refractivity contribution in [2.75, 3.05) is 0 Å². The van der Waals surface area contributed by atoms with Crippen LogP contribution in [0.3, 0.4) is 0 Å². The summed E-state index contributed by atoms with van der Waals surface area (Å²) in [6, 6.07) is 12.8. The van der Waals surface area contributed by atoms with E-state index in [2.05, 4.69) is 4.18 Å². The monoisotopic (exact) mass is 434 g/mol. The molecule has 3 rings (SSSR count). The van der Waals surface area contributed by atoms with Gasteiger partial charge in [0, 0.05) is 16.1 Å². The van der Waals surface area contributed by atoms with E-state index in [1.54, 1.807) is 30.3 Å². The van der Waals surface area contributed by atoms with E-state index in [9.17, 15) is 21.6 Å². The van der Waals surface area contributed by atoms with Gasteiger partial charge < -0.3 is 4.18 Å². The van der Waals surface area contributed by atoms with E-state index in [0.717, 1.165) is 0 Å². The van der Waals surface area contributed by atoms with Crippen LogP contribution in [0, 0.1) is 6.92 Å². The molecule has 0 spiro atoms. The summed E-state index contributed by atoms with van der Waals surface area (Å²) in [7, 11) is -5.86. The first-order chi connectivity index (χ1) is 12.5. The number of hydrogen-bond acceptors (Lipinski definition) is 3. The maximum absolute atomic E-state index is 12.9.